The topological polar surface area (TPSA) is 113 Å². The zero-order chi connectivity index (χ0) is 26.2. The van der Waals surface area contributed by atoms with Crippen molar-refractivity contribution in [3.05, 3.63) is 58.7 Å². The lowest BCUT2D eigenvalue weighted by Gasteiger charge is -2.43. The van der Waals surface area contributed by atoms with Gasteiger partial charge in [-0.1, -0.05) is 25.0 Å². The molecule has 1 aliphatic carbocycles. The van der Waals surface area contributed by atoms with Crippen LogP contribution >= 0.6 is 0 Å². The summed E-state index contributed by atoms with van der Waals surface area (Å²) in [7, 11) is 1.35. The number of cyclic esters (lactones) is 1. The number of carbonyl (C=O) groups excluding carboxylic acids is 3. The van der Waals surface area contributed by atoms with Crippen LogP contribution in [0.4, 0.5) is 0 Å². The number of ether oxygens (including phenoxy) is 2. The predicted octanol–water partition coefficient (Wildman–Crippen LogP) is 3.76. The third-order valence-corrected chi connectivity index (χ3v) is 7.81. The minimum atomic E-state index is -0.910. The maximum atomic E-state index is 13.5. The number of nitrogens with zero attached hydrogens (tertiary/aromatic N) is 4. The second-order valence-electron chi connectivity index (χ2n) is 10.3. The van der Waals surface area contributed by atoms with Crippen LogP contribution in [0.1, 0.15) is 71.7 Å². The minimum absolute atomic E-state index is 0.106. The number of aryl methyl sites for hydroxylation is 3. The highest BCUT2D eigenvalue weighted by atomic mass is 16.6. The normalized spacial score (nSPS) is 22.4. The van der Waals surface area contributed by atoms with Gasteiger partial charge in [0.15, 0.2) is 11.6 Å². The summed E-state index contributed by atoms with van der Waals surface area (Å²) in [4.78, 5) is 47.4. The number of benzene rings is 1. The number of carbonyl (C=O) groups is 3. The summed E-state index contributed by atoms with van der Waals surface area (Å²) in [6.45, 7) is 3.80. The molecule has 1 aliphatic heterocycles. The van der Waals surface area contributed by atoms with Crippen LogP contribution in [0.15, 0.2) is 30.3 Å². The first-order chi connectivity index (χ1) is 17.8. The van der Waals surface area contributed by atoms with E-state index in [9.17, 15) is 14.4 Å². The molecule has 9 heteroatoms. The average molecular weight is 505 g/mol. The summed E-state index contributed by atoms with van der Waals surface area (Å²) in [5.41, 5.74) is 2.42. The fourth-order valence-corrected chi connectivity index (χ4v) is 5.84. The summed E-state index contributed by atoms with van der Waals surface area (Å²) in [6.07, 6.45) is 5.57. The van der Waals surface area contributed by atoms with Crippen molar-refractivity contribution in [1.82, 2.24) is 19.6 Å². The molecule has 2 atom stereocenters. The summed E-state index contributed by atoms with van der Waals surface area (Å²) in [6, 6.07) is 9.15. The molecular formula is C28H32N4O5. The average Bonchev–Trinajstić information content (AvgIpc) is 3.56. The Morgan fingerprint density at radius 2 is 1.86 bits per heavy atom. The number of hydrogen-bond acceptors (Lipinski definition) is 8. The number of rotatable bonds is 7. The Morgan fingerprint density at radius 3 is 2.54 bits per heavy atom. The third kappa shape index (κ3) is 4.99. The molecule has 0 spiro atoms. The van der Waals surface area contributed by atoms with E-state index >= 15 is 0 Å². The van der Waals surface area contributed by atoms with Crippen molar-refractivity contribution >= 4 is 23.5 Å². The van der Waals surface area contributed by atoms with E-state index in [0.29, 0.717) is 30.0 Å². The van der Waals surface area contributed by atoms with E-state index < -0.39 is 17.5 Å². The summed E-state index contributed by atoms with van der Waals surface area (Å²) in [5, 5.41) is 4.48. The lowest BCUT2D eigenvalue weighted by molar-refractivity contribution is -0.185. The van der Waals surface area contributed by atoms with Gasteiger partial charge in [-0.2, -0.15) is 4.98 Å². The highest BCUT2D eigenvalue weighted by Crippen LogP contribution is 2.45. The molecule has 1 aromatic carbocycles. The molecule has 3 aromatic rings. The van der Waals surface area contributed by atoms with Gasteiger partial charge in [-0.3, -0.25) is 9.59 Å². The van der Waals surface area contributed by atoms with Gasteiger partial charge in [0.25, 0.3) is 5.78 Å². The van der Waals surface area contributed by atoms with Gasteiger partial charge in [-0.15, -0.1) is 5.10 Å². The molecule has 2 aromatic heterocycles. The van der Waals surface area contributed by atoms with E-state index in [2.05, 4.69) is 15.1 Å². The van der Waals surface area contributed by atoms with E-state index in [0.717, 1.165) is 42.6 Å². The van der Waals surface area contributed by atoms with Crippen LogP contribution in [0.2, 0.25) is 0 Å². The highest BCUT2D eigenvalue weighted by Gasteiger charge is 2.51. The summed E-state index contributed by atoms with van der Waals surface area (Å²) >= 11 is 0. The molecule has 37 heavy (non-hydrogen) atoms. The summed E-state index contributed by atoms with van der Waals surface area (Å²) in [5.74, 6) is -0.842. The van der Waals surface area contributed by atoms with Gasteiger partial charge in [0.1, 0.15) is 11.5 Å². The van der Waals surface area contributed by atoms with Gasteiger partial charge in [0.05, 0.1) is 12.7 Å². The molecule has 5 rings (SSSR count). The number of fused-ring (bicyclic) bond motifs is 1. The number of esters is 2. The molecule has 9 nitrogen and oxygen atoms in total. The fourth-order valence-electron chi connectivity index (χ4n) is 5.84. The van der Waals surface area contributed by atoms with Gasteiger partial charge in [-0.25, -0.2) is 14.3 Å². The Kier molecular flexibility index (Phi) is 6.79. The van der Waals surface area contributed by atoms with Crippen LogP contribution < -0.4 is 0 Å². The molecule has 2 aliphatic rings. The molecule has 3 heterocycles. The first-order valence-corrected chi connectivity index (χ1v) is 12.9. The lowest BCUT2D eigenvalue weighted by atomic mass is 9.73. The van der Waals surface area contributed by atoms with Crippen LogP contribution in [-0.2, 0) is 31.9 Å². The third-order valence-electron chi connectivity index (χ3n) is 7.81. The van der Waals surface area contributed by atoms with Crippen LogP contribution in [0.5, 0.6) is 0 Å². The summed E-state index contributed by atoms with van der Waals surface area (Å²) < 4.78 is 12.6. The van der Waals surface area contributed by atoms with E-state index in [4.69, 9.17) is 9.47 Å². The van der Waals surface area contributed by atoms with Crippen LogP contribution in [0, 0.1) is 25.7 Å². The quantitative estimate of drug-likeness (QED) is 0.353. The van der Waals surface area contributed by atoms with E-state index in [1.807, 2.05) is 32.0 Å². The molecular weight excluding hydrogens is 472 g/mol. The first-order valence-electron chi connectivity index (χ1n) is 12.9. The van der Waals surface area contributed by atoms with Gasteiger partial charge in [0.2, 0.25) is 0 Å². The van der Waals surface area contributed by atoms with Crippen LogP contribution in [0.25, 0.3) is 5.78 Å². The van der Waals surface area contributed by atoms with Crippen molar-refractivity contribution in [2.45, 2.75) is 70.8 Å². The molecule has 0 N–H and O–H groups in total. The SMILES string of the molecule is COC(=O)c1ccc(CCC2(C3CCCC3)CC(=O)C(Cc3nc4nc(C)cc(C)n4n3)C(=O)O2)cc1. The van der Waals surface area contributed by atoms with Crippen molar-refractivity contribution < 1.29 is 23.9 Å². The maximum absolute atomic E-state index is 13.5. The number of methoxy groups -OCH3 is 1. The monoisotopic (exact) mass is 504 g/mol. The van der Waals surface area contributed by atoms with Gasteiger partial charge in [-0.05, 0) is 69.2 Å². The minimum Gasteiger partial charge on any atom is -0.465 e. The zero-order valence-electron chi connectivity index (χ0n) is 21.5. The molecule has 1 saturated carbocycles. The van der Waals surface area contributed by atoms with Gasteiger partial charge in [0, 0.05) is 24.2 Å². The highest BCUT2D eigenvalue weighted by molar-refractivity contribution is 6.01. The Bertz CT molecular complexity index is 1320. The van der Waals surface area contributed by atoms with Crippen molar-refractivity contribution in [2.24, 2.45) is 11.8 Å². The zero-order valence-corrected chi connectivity index (χ0v) is 21.5. The molecule has 1 saturated heterocycles. The smallest absolute Gasteiger partial charge is 0.337 e. The van der Waals surface area contributed by atoms with Crippen molar-refractivity contribution in [3.8, 4) is 0 Å². The maximum Gasteiger partial charge on any atom is 0.337 e. The molecule has 2 fully saturated rings. The molecule has 0 bridgehead atoms. The van der Waals surface area contributed by atoms with Crippen molar-refractivity contribution in [3.63, 3.8) is 0 Å². The van der Waals surface area contributed by atoms with E-state index in [1.54, 1.807) is 16.6 Å². The van der Waals surface area contributed by atoms with Crippen LogP contribution in [-0.4, -0.2) is 50.0 Å². The number of Topliss-reactive ketones (excluding diaryl/α,β-unsaturated/α-hetero) is 1. The molecule has 0 radical (unpaired) electrons. The largest absolute Gasteiger partial charge is 0.465 e. The molecule has 194 valence electrons. The number of hydrogen-bond donors (Lipinski definition) is 0. The lowest BCUT2D eigenvalue weighted by Crippen LogP contribution is -2.52. The first kappa shape index (κ1) is 25.0. The van der Waals surface area contributed by atoms with Crippen molar-refractivity contribution in [2.75, 3.05) is 7.11 Å². The fraction of sp³-hybridized carbons (Fsp3) is 0.500. The Morgan fingerprint density at radius 1 is 1.14 bits per heavy atom. The predicted molar refractivity (Wildman–Crippen MR) is 134 cm³/mol. The Labute approximate surface area is 215 Å². The van der Waals surface area contributed by atoms with E-state index in [1.165, 1.54) is 7.11 Å². The van der Waals surface area contributed by atoms with Gasteiger partial charge >= 0.3 is 11.9 Å². The second-order valence-corrected chi connectivity index (χ2v) is 10.3. The van der Waals surface area contributed by atoms with E-state index in [-0.39, 0.29) is 30.5 Å². The second kappa shape index (κ2) is 10.0. The molecule has 2 unspecified atom stereocenters. The van der Waals surface area contributed by atoms with Crippen LogP contribution in [0.3, 0.4) is 0 Å². The van der Waals surface area contributed by atoms with Crippen molar-refractivity contribution in [1.29, 1.82) is 0 Å². The standard InChI is InChI=1S/C28H32N4O5/c1-17-14-18(2)32-27(29-17)30-24(31-32)15-22-23(33)16-28(37-26(22)35,21-6-4-5-7-21)13-12-19-8-10-20(11-9-19)25(34)36-3/h8-11,14,21-22H,4-7,12-13,15-16H2,1-3H3. The molecule has 0 amide bonds. The Hall–Kier alpha value is -3.62. The number of ketones is 1. The Balaban J connectivity index is 1.33. The number of aromatic nitrogens is 4. The van der Waals surface area contributed by atoms with Gasteiger partial charge < -0.3 is 9.47 Å².